The minimum Gasteiger partial charge on any atom is -0.481 e. The number of nitro groups is 1. The Bertz CT molecular complexity index is 994. The molecule has 0 aliphatic rings. The lowest BCUT2D eigenvalue weighted by molar-refractivity contribution is -0.384. The third kappa shape index (κ3) is 4.37. The van der Waals surface area contributed by atoms with Crippen LogP contribution >= 0.6 is 0 Å². The van der Waals surface area contributed by atoms with Gasteiger partial charge in [0.05, 0.1) is 12.0 Å². The van der Waals surface area contributed by atoms with Gasteiger partial charge in [0.2, 0.25) is 5.88 Å². The van der Waals surface area contributed by atoms with Crippen molar-refractivity contribution in [3.05, 3.63) is 75.3 Å². The van der Waals surface area contributed by atoms with Gasteiger partial charge in [0, 0.05) is 30.0 Å². The number of nitrogens with one attached hydrogen (secondary N) is 1. The van der Waals surface area contributed by atoms with Gasteiger partial charge in [0.1, 0.15) is 17.3 Å². The largest absolute Gasteiger partial charge is 0.481 e. The van der Waals surface area contributed by atoms with E-state index in [0.29, 0.717) is 23.1 Å². The molecule has 144 valence electrons. The Morgan fingerprint density at radius 3 is 2.21 bits per heavy atom. The smallest absolute Gasteiger partial charge is 0.269 e. The van der Waals surface area contributed by atoms with Crippen LogP contribution in [0.15, 0.2) is 48.5 Å². The van der Waals surface area contributed by atoms with Crippen molar-refractivity contribution in [2.45, 2.75) is 20.8 Å². The molecule has 7 heteroatoms. The van der Waals surface area contributed by atoms with Crippen molar-refractivity contribution in [3.63, 3.8) is 0 Å². The summed E-state index contributed by atoms with van der Waals surface area (Å²) in [6.07, 6.45) is 0. The number of non-ortho nitro benzene ring substituents is 1. The number of aromatic nitrogens is 1. The van der Waals surface area contributed by atoms with Crippen molar-refractivity contribution in [2.75, 3.05) is 12.4 Å². The van der Waals surface area contributed by atoms with E-state index in [2.05, 4.69) is 22.4 Å². The molecule has 7 nitrogen and oxygen atoms in total. The van der Waals surface area contributed by atoms with Crippen LogP contribution in [0.5, 0.6) is 17.4 Å². The van der Waals surface area contributed by atoms with Gasteiger partial charge in [-0.15, -0.1) is 0 Å². The van der Waals surface area contributed by atoms with E-state index in [4.69, 9.17) is 9.47 Å². The lowest BCUT2D eigenvalue weighted by Crippen LogP contribution is -1.99. The third-order valence-electron chi connectivity index (χ3n) is 4.16. The Morgan fingerprint density at radius 1 is 1.00 bits per heavy atom. The SMILES string of the molecule is COc1cc(Oc2c(C)cc(C)cc2C)cc(Nc2ccc([N+](=O)[O-])cc2)n1. The van der Waals surface area contributed by atoms with Crippen LogP contribution in [0.25, 0.3) is 0 Å². The van der Waals surface area contributed by atoms with Crippen LogP contribution in [0.3, 0.4) is 0 Å². The number of hydrogen-bond acceptors (Lipinski definition) is 6. The van der Waals surface area contributed by atoms with Crippen LogP contribution in [0.1, 0.15) is 16.7 Å². The molecule has 3 aromatic rings. The molecular formula is C21H21N3O4. The first kappa shape index (κ1) is 19.2. The molecular weight excluding hydrogens is 358 g/mol. The van der Waals surface area contributed by atoms with Gasteiger partial charge >= 0.3 is 0 Å². The Kier molecular flexibility index (Phi) is 5.44. The van der Waals surface area contributed by atoms with Crippen LogP contribution in [0, 0.1) is 30.9 Å². The second-order valence-corrected chi connectivity index (χ2v) is 6.49. The van der Waals surface area contributed by atoms with Crippen LogP contribution < -0.4 is 14.8 Å². The first-order chi connectivity index (χ1) is 13.4. The molecule has 0 unspecified atom stereocenters. The lowest BCUT2D eigenvalue weighted by atomic mass is 10.1. The minimum atomic E-state index is -0.439. The van der Waals surface area contributed by atoms with E-state index < -0.39 is 4.92 Å². The van der Waals surface area contributed by atoms with E-state index in [1.807, 2.05) is 20.8 Å². The van der Waals surface area contributed by atoms with Crippen molar-refractivity contribution < 1.29 is 14.4 Å². The molecule has 0 aliphatic carbocycles. The quantitative estimate of drug-likeness (QED) is 0.452. The van der Waals surface area contributed by atoms with Gasteiger partial charge in [-0.25, -0.2) is 0 Å². The molecule has 0 saturated carbocycles. The number of hydrogen-bond donors (Lipinski definition) is 1. The standard InChI is InChI=1S/C21H21N3O4/c1-13-9-14(2)21(15(3)10-13)28-18-11-19(23-20(12-18)27-4)22-16-5-7-17(8-6-16)24(25)26/h5-12H,1-4H3,(H,22,23). The number of ether oxygens (including phenoxy) is 2. The molecule has 0 radical (unpaired) electrons. The summed E-state index contributed by atoms with van der Waals surface area (Å²) in [6, 6.07) is 13.7. The zero-order valence-electron chi connectivity index (χ0n) is 16.1. The summed E-state index contributed by atoms with van der Waals surface area (Å²) in [7, 11) is 1.53. The Labute approximate surface area is 163 Å². The van der Waals surface area contributed by atoms with Crippen molar-refractivity contribution in [3.8, 4) is 17.4 Å². The van der Waals surface area contributed by atoms with E-state index in [-0.39, 0.29) is 5.69 Å². The normalized spacial score (nSPS) is 10.4. The lowest BCUT2D eigenvalue weighted by Gasteiger charge is -2.15. The summed E-state index contributed by atoms with van der Waals surface area (Å²) in [6.45, 7) is 6.05. The summed E-state index contributed by atoms with van der Waals surface area (Å²) in [4.78, 5) is 14.7. The first-order valence-electron chi connectivity index (χ1n) is 8.69. The molecule has 0 spiro atoms. The topological polar surface area (TPSA) is 86.5 Å². The predicted octanol–water partition coefficient (Wildman–Crippen LogP) is 5.46. The van der Waals surface area contributed by atoms with E-state index in [1.165, 1.54) is 24.8 Å². The maximum Gasteiger partial charge on any atom is 0.269 e. The first-order valence-corrected chi connectivity index (χ1v) is 8.69. The molecule has 0 amide bonds. The van der Waals surface area contributed by atoms with Crippen molar-refractivity contribution >= 4 is 17.2 Å². The summed E-state index contributed by atoms with van der Waals surface area (Å²) in [5.74, 6) is 2.27. The molecule has 0 aliphatic heterocycles. The van der Waals surface area contributed by atoms with E-state index in [9.17, 15) is 10.1 Å². The van der Waals surface area contributed by atoms with Crippen molar-refractivity contribution in [1.29, 1.82) is 0 Å². The minimum absolute atomic E-state index is 0.0264. The molecule has 3 rings (SSSR count). The molecule has 0 bridgehead atoms. The van der Waals surface area contributed by atoms with E-state index >= 15 is 0 Å². The fourth-order valence-corrected chi connectivity index (χ4v) is 2.97. The fraction of sp³-hybridized carbons (Fsp3) is 0.190. The number of rotatable bonds is 6. The van der Waals surface area contributed by atoms with E-state index in [0.717, 1.165) is 16.9 Å². The van der Waals surface area contributed by atoms with Gasteiger partial charge in [-0.1, -0.05) is 17.7 Å². The maximum atomic E-state index is 10.8. The molecule has 0 fully saturated rings. The fourth-order valence-electron chi connectivity index (χ4n) is 2.97. The second-order valence-electron chi connectivity index (χ2n) is 6.49. The monoisotopic (exact) mass is 379 g/mol. The van der Waals surface area contributed by atoms with Gasteiger partial charge in [0.25, 0.3) is 5.69 Å². The highest BCUT2D eigenvalue weighted by molar-refractivity contribution is 5.60. The molecule has 1 aromatic heterocycles. The molecule has 1 N–H and O–H groups in total. The summed E-state index contributed by atoms with van der Waals surface area (Å²) in [5.41, 5.74) is 3.95. The van der Waals surface area contributed by atoms with Crippen LogP contribution in [0.2, 0.25) is 0 Å². The highest BCUT2D eigenvalue weighted by atomic mass is 16.6. The maximum absolute atomic E-state index is 10.8. The van der Waals surface area contributed by atoms with Crippen LogP contribution in [-0.2, 0) is 0 Å². The van der Waals surface area contributed by atoms with Crippen LogP contribution in [-0.4, -0.2) is 17.0 Å². The highest BCUT2D eigenvalue weighted by Gasteiger charge is 2.11. The molecule has 0 atom stereocenters. The average Bonchev–Trinajstić information content (AvgIpc) is 2.65. The van der Waals surface area contributed by atoms with Crippen molar-refractivity contribution in [1.82, 2.24) is 4.98 Å². The Morgan fingerprint density at radius 2 is 1.64 bits per heavy atom. The zero-order valence-corrected chi connectivity index (χ0v) is 16.1. The second kappa shape index (κ2) is 7.96. The molecule has 1 heterocycles. The number of pyridine rings is 1. The van der Waals surface area contributed by atoms with Gasteiger partial charge in [-0.3, -0.25) is 10.1 Å². The molecule has 2 aromatic carbocycles. The number of anilines is 2. The number of aryl methyl sites for hydroxylation is 3. The average molecular weight is 379 g/mol. The predicted molar refractivity (Wildman–Crippen MR) is 108 cm³/mol. The van der Waals surface area contributed by atoms with Gasteiger partial charge in [-0.2, -0.15) is 4.98 Å². The molecule has 0 saturated heterocycles. The Balaban J connectivity index is 1.89. The molecule has 28 heavy (non-hydrogen) atoms. The van der Waals surface area contributed by atoms with Crippen molar-refractivity contribution in [2.24, 2.45) is 0 Å². The number of nitro benzene ring substituents is 1. The van der Waals surface area contributed by atoms with Gasteiger partial charge < -0.3 is 14.8 Å². The number of nitrogens with zero attached hydrogens (tertiary/aromatic N) is 2. The summed E-state index contributed by atoms with van der Waals surface area (Å²) >= 11 is 0. The highest BCUT2D eigenvalue weighted by Crippen LogP contribution is 2.33. The Hall–Kier alpha value is -3.61. The number of benzene rings is 2. The summed E-state index contributed by atoms with van der Waals surface area (Å²) < 4.78 is 11.4. The third-order valence-corrected chi connectivity index (χ3v) is 4.16. The number of methoxy groups -OCH3 is 1. The summed E-state index contributed by atoms with van der Waals surface area (Å²) in [5, 5.41) is 13.9. The van der Waals surface area contributed by atoms with Gasteiger partial charge in [0.15, 0.2) is 0 Å². The van der Waals surface area contributed by atoms with E-state index in [1.54, 1.807) is 24.3 Å². The zero-order chi connectivity index (χ0) is 20.3. The van der Waals surface area contributed by atoms with Gasteiger partial charge in [-0.05, 0) is 44.0 Å². The van der Waals surface area contributed by atoms with Crippen LogP contribution in [0.4, 0.5) is 17.2 Å².